The number of rotatable bonds is 8. The van der Waals surface area contributed by atoms with E-state index in [-0.39, 0.29) is 0 Å². The van der Waals surface area contributed by atoms with E-state index in [4.69, 9.17) is 0 Å². The average molecular weight is 710 g/mol. The van der Waals surface area contributed by atoms with Crippen LogP contribution in [0.4, 0.5) is 17.1 Å². The Morgan fingerprint density at radius 1 is 0.370 bits per heavy atom. The van der Waals surface area contributed by atoms with E-state index in [2.05, 4.69) is 231 Å². The average Bonchev–Trinajstić information content (AvgIpc) is 3.52. The van der Waals surface area contributed by atoms with Crippen molar-refractivity contribution in [3.63, 3.8) is 0 Å². The van der Waals surface area contributed by atoms with Crippen molar-refractivity contribution in [1.29, 1.82) is 0 Å². The van der Waals surface area contributed by atoms with Crippen molar-refractivity contribution in [3.8, 4) is 33.4 Å². The molecule has 0 heterocycles. The van der Waals surface area contributed by atoms with Crippen molar-refractivity contribution in [1.82, 2.24) is 0 Å². The van der Waals surface area contributed by atoms with E-state index >= 15 is 0 Å². The van der Waals surface area contributed by atoms with Gasteiger partial charge in [0.05, 0.1) is 19.2 Å². The first-order valence-corrected chi connectivity index (χ1v) is 22.4. The molecule has 2 heteroatoms. The fourth-order valence-corrected chi connectivity index (χ4v) is 9.66. The molecule has 0 radical (unpaired) electrons. The molecule has 54 heavy (non-hydrogen) atoms. The molecule has 0 aromatic heterocycles. The van der Waals surface area contributed by atoms with Crippen molar-refractivity contribution >= 4 is 30.3 Å². The van der Waals surface area contributed by atoms with Gasteiger partial charge in [0.25, 0.3) is 0 Å². The summed E-state index contributed by atoms with van der Waals surface area (Å²) in [6.45, 7) is 7.21. The summed E-state index contributed by atoms with van der Waals surface area (Å²) in [5.74, 6) is 0. The zero-order valence-corrected chi connectivity index (χ0v) is 32.1. The molecule has 0 atom stereocenters. The van der Waals surface area contributed by atoms with E-state index in [1.165, 1.54) is 60.8 Å². The third-order valence-electron chi connectivity index (χ3n) is 11.1. The lowest BCUT2D eigenvalue weighted by molar-refractivity contribution is 0.768. The number of nitrogens with zero attached hydrogens (tertiary/aromatic N) is 1. The highest BCUT2D eigenvalue weighted by atomic mass is 28.3. The maximum atomic E-state index is 2.46. The van der Waals surface area contributed by atoms with Gasteiger partial charge in [-0.3, -0.25) is 0 Å². The molecule has 1 nitrogen and oxygen atoms in total. The van der Waals surface area contributed by atoms with Crippen LogP contribution in [0.3, 0.4) is 0 Å². The number of para-hydroxylation sites is 1. The molecule has 0 bridgehead atoms. The van der Waals surface area contributed by atoms with Crippen LogP contribution in [0.2, 0.25) is 19.6 Å². The summed E-state index contributed by atoms with van der Waals surface area (Å²) in [7, 11) is -1.38. The molecular weight excluding hydrogens is 667 g/mol. The van der Waals surface area contributed by atoms with E-state index in [1.54, 1.807) is 0 Å². The van der Waals surface area contributed by atoms with Crippen LogP contribution in [0.25, 0.3) is 33.4 Å². The fourth-order valence-electron chi connectivity index (χ4n) is 8.49. The largest absolute Gasteiger partial charge is 0.310 e. The number of hydrogen-bond acceptors (Lipinski definition) is 1. The lowest BCUT2D eigenvalue weighted by atomic mass is 9.67. The Kier molecular flexibility index (Phi) is 8.49. The molecule has 8 aromatic rings. The molecule has 0 N–H and O–H groups in total. The Labute approximate surface area is 320 Å². The highest BCUT2D eigenvalue weighted by molar-refractivity contribution is 6.88. The third kappa shape index (κ3) is 5.71. The first-order chi connectivity index (χ1) is 26.4. The van der Waals surface area contributed by atoms with Crippen molar-refractivity contribution in [2.24, 2.45) is 0 Å². The summed E-state index contributed by atoms with van der Waals surface area (Å²) < 4.78 is 0. The Morgan fingerprint density at radius 3 is 1.46 bits per heavy atom. The van der Waals surface area contributed by atoms with Crippen LogP contribution < -0.4 is 10.1 Å². The zero-order valence-electron chi connectivity index (χ0n) is 31.1. The minimum absolute atomic E-state index is 0.485. The summed E-state index contributed by atoms with van der Waals surface area (Å²) in [5.41, 5.74) is 15.4. The Hall–Kier alpha value is -6.22. The molecule has 1 aliphatic rings. The van der Waals surface area contributed by atoms with Crippen LogP contribution >= 0.6 is 0 Å². The van der Waals surface area contributed by atoms with Gasteiger partial charge < -0.3 is 4.90 Å². The monoisotopic (exact) mass is 709 g/mol. The molecule has 1 aliphatic carbocycles. The molecule has 0 fully saturated rings. The number of anilines is 3. The van der Waals surface area contributed by atoms with Gasteiger partial charge in [0.1, 0.15) is 0 Å². The van der Waals surface area contributed by atoms with Crippen molar-refractivity contribution in [3.05, 3.63) is 229 Å². The van der Waals surface area contributed by atoms with Gasteiger partial charge in [0, 0.05) is 16.9 Å². The second-order valence-electron chi connectivity index (χ2n) is 15.4. The molecule has 0 unspecified atom stereocenters. The lowest BCUT2D eigenvalue weighted by Gasteiger charge is -2.35. The Bertz CT molecular complexity index is 2510. The van der Waals surface area contributed by atoms with E-state index in [0.717, 1.165) is 17.1 Å². The molecule has 260 valence electrons. The number of benzene rings is 8. The minimum Gasteiger partial charge on any atom is -0.310 e. The zero-order chi connectivity index (χ0) is 36.7. The van der Waals surface area contributed by atoms with Crippen LogP contribution in [0.1, 0.15) is 22.3 Å². The highest BCUT2D eigenvalue weighted by Crippen LogP contribution is 2.57. The fraction of sp³-hybridized carbons (Fsp3) is 0.0769. The normalized spacial score (nSPS) is 12.9. The van der Waals surface area contributed by atoms with E-state index < -0.39 is 13.5 Å². The molecule has 0 saturated heterocycles. The third-order valence-corrected chi connectivity index (χ3v) is 13.2. The Morgan fingerprint density at radius 2 is 0.852 bits per heavy atom. The quantitative estimate of drug-likeness (QED) is 0.142. The number of hydrogen-bond donors (Lipinski definition) is 0. The molecule has 9 rings (SSSR count). The van der Waals surface area contributed by atoms with Crippen molar-refractivity contribution < 1.29 is 0 Å². The SMILES string of the molecule is C[Si](C)(C)c1ccc(-c2ccc(N(c3ccc4c(c3)C(c3ccccc3)(c3ccccc3)c3ccccc3-4)c3ccccc3-c3ccccc3)cc2)cc1. The smallest absolute Gasteiger partial charge is 0.0775 e. The minimum atomic E-state index is -1.38. The van der Waals surface area contributed by atoms with Gasteiger partial charge in [-0.25, -0.2) is 0 Å². The molecule has 8 aromatic carbocycles. The van der Waals surface area contributed by atoms with Crippen LogP contribution in [0, 0.1) is 0 Å². The van der Waals surface area contributed by atoms with Gasteiger partial charge >= 0.3 is 0 Å². The second-order valence-corrected chi connectivity index (χ2v) is 20.4. The predicted molar refractivity (Wildman–Crippen MR) is 232 cm³/mol. The summed E-state index contributed by atoms with van der Waals surface area (Å²) in [4.78, 5) is 2.45. The number of fused-ring (bicyclic) bond motifs is 3. The van der Waals surface area contributed by atoms with E-state index in [9.17, 15) is 0 Å². The van der Waals surface area contributed by atoms with Crippen LogP contribution in [0.15, 0.2) is 206 Å². The maximum absolute atomic E-state index is 2.46. The van der Waals surface area contributed by atoms with Gasteiger partial charge in [-0.15, -0.1) is 0 Å². The van der Waals surface area contributed by atoms with Gasteiger partial charge in [0.2, 0.25) is 0 Å². The summed E-state index contributed by atoms with van der Waals surface area (Å²) >= 11 is 0. The van der Waals surface area contributed by atoms with Crippen LogP contribution in [-0.2, 0) is 5.41 Å². The van der Waals surface area contributed by atoms with Crippen molar-refractivity contribution in [2.75, 3.05) is 4.90 Å². The van der Waals surface area contributed by atoms with Crippen LogP contribution in [0.5, 0.6) is 0 Å². The molecule has 0 amide bonds. The van der Waals surface area contributed by atoms with Crippen LogP contribution in [-0.4, -0.2) is 8.07 Å². The summed E-state index contributed by atoms with van der Waals surface area (Å²) in [6.07, 6.45) is 0. The molecule has 0 spiro atoms. The summed E-state index contributed by atoms with van der Waals surface area (Å²) in [5, 5.41) is 1.48. The molecule has 0 aliphatic heterocycles. The van der Waals surface area contributed by atoms with Gasteiger partial charge in [-0.1, -0.05) is 201 Å². The topological polar surface area (TPSA) is 3.24 Å². The lowest BCUT2D eigenvalue weighted by Crippen LogP contribution is -2.37. The standard InChI is InChI=1S/C52H43NSi/c1-54(2,3)45-34-29-39(30-35-45)38-27-31-43(32-28-38)53(51-26-16-14-23-46(51)40-17-7-4-8-18-40)44-33-36-48-47-24-13-15-25-49(47)52(50(48)37-44,41-19-9-5-10-20-41)42-21-11-6-12-22-42/h4-37H,1-3H3. The van der Waals surface area contributed by atoms with Gasteiger partial charge in [-0.05, 0) is 80.4 Å². The van der Waals surface area contributed by atoms with Gasteiger partial charge in [-0.2, -0.15) is 0 Å². The first kappa shape index (κ1) is 33.6. The summed E-state index contributed by atoms with van der Waals surface area (Å²) in [6, 6.07) is 76.1. The van der Waals surface area contributed by atoms with Gasteiger partial charge in [0.15, 0.2) is 0 Å². The highest BCUT2D eigenvalue weighted by Gasteiger charge is 2.46. The Balaban J connectivity index is 1.26. The molecular formula is C52H43NSi. The first-order valence-electron chi connectivity index (χ1n) is 18.9. The van der Waals surface area contributed by atoms with E-state index in [0.29, 0.717) is 0 Å². The molecule has 0 saturated carbocycles. The second kappa shape index (κ2) is 13.6. The van der Waals surface area contributed by atoms with E-state index in [1.807, 2.05) is 0 Å². The predicted octanol–water partition coefficient (Wildman–Crippen LogP) is 13.4. The van der Waals surface area contributed by atoms with Crippen molar-refractivity contribution in [2.45, 2.75) is 25.1 Å². The maximum Gasteiger partial charge on any atom is 0.0775 e.